The fourth-order valence-corrected chi connectivity index (χ4v) is 1.50. The molecule has 1 aromatic rings. The summed E-state index contributed by atoms with van der Waals surface area (Å²) in [5.41, 5.74) is 3.27. The number of pyridine rings is 1. The zero-order valence-electron chi connectivity index (χ0n) is 10.6. The second kappa shape index (κ2) is 5.66. The highest BCUT2D eigenvalue weighted by Crippen LogP contribution is 2.18. The van der Waals surface area contributed by atoms with Gasteiger partial charge in [0.05, 0.1) is 11.9 Å². The van der Waals surface area contributed by atoms with Crippen LogP contribution in [-0.4, -0.2) is 28.9 Å². The summed E-state index contributed by atoms with van der Waals surface area (Å²) in [6, 6.07) is 2.87. The predicted molar refractivity (Wildman–Crippen MR) is 70.1 cm³/mol. The van der Waals surface area contributed by atoms with Crippen LogP contribution in [0.15, 0.2) is 18.3 Å². The Morgan fingerprint density at radius 1 is 1.42 bits per heavy atom. The van der Waals surface area contributed by atoms with Crippen LogP contribution in [0.25, 0.3) is 0 Å². The Morgan fingerprint density at radius 2 is 2.16 bits per heavy atom. The highest BCUT2D eigenvalue weighted by molar-refractivity contribution is 5.96. The number of hydrogen-bond donors (Lipinski definition) is 4. The largest absolute Gasteiger partial charge is 0.352 e. The number of nitrogen functional groups attached to an aromatic ring is 1. The molecule has 1 aliphatic rings. The second-order valence-electron chi connectivity index (χ2n) is 4.55. The lowest BCUT2D eigenvalue weighted by Crippen LogP contribution is -2.45. The topological polar surface area (TPSA) is 109 Å². The molecular weight excluding hydrogens is 246 g/mol. The van der Waals surface area contributed by atoms with Gasteiger partial charge in [-0.15, -0.1) is 0 Å². The maximum atomic E-state index is 11.9. The van der Waals surface area contributed by atoms with E-state index in [9.17, 15) is 9.59 Å². The molecule has 5 N–H and O–H groups in total. The first-order valence-corrected chi connectivity index (χ1v) is 6.14. The minimum Gasteiger partial charge on any atom is -0.352 e. The van der Waals surface area contributed by atoms with Crippen LogP contribution < -0.4 is 21.9 Å². The van der Waals surface area contributed by atoms with E-state index in [-0.39, 0.29) is 23.6 Å². The third-order valence-electron chi connectivity index (χ3n) is 2.83. The van der Waals surface area contributed by atoms with Gasteiger partial charge in [-0.3, -0.25) is 15.4 Å². The van der Waals surface area contributed by atoms with Crippen LogP contribution in [0.1, 0.15) is 30.3 Å². The summed E-state index contributed by atoms with van der Waals surface area (Å²) in [5.74, 6) is 4.65. The number of carbonyl (C=O) groups excluding carboxylic acids is 2. The van der Waals surface area contributed by atoms with Crippen molar-refractivity contribution in [3.05, 3.63) is 24.0 Å². The molecule has 1 heterocycles. The minimum absolute atomic E-state index is 0.170. The summed E-state index contributed by atoms with van der Waals surface area (Å²) in [6.45, 7) is 1.64. The standard InChI is InChI=1S/C12H17N5O2/c1-7(11(18)16-8-2-3-8)15-12(19)10-5-4-9(17-13)6-14-10/h4-8,17H,2-3,13H2,1H3,(H,15,19)(H,16,18). The van der Waals surface area contributed by atoms with Gasteiger partial charge in [0.15, 0.2) is 0 Å². The van der Waals surface area contributed by atoms with Gasteiger partial charge in [-0.2, -0.15) is 0 Å². The van der Waals surface area contributed by atoms with E-state index in [0.717, 1.165) is 12.8 Å². The quantitative estimate of drug-likeness (QED) is 0.433. The molecule has 0 radical (unpaired) electrons. The molecule has 19 heavy (non-hydrogen) atoms. The van der Waals surface area contributed by atoms with Gasteiger partial charge in [-0.25, -0.2) is 4.98 Å². The van der Waals surface area contributed by atoms with E-state index >= 15 is 0 Å². The van der Waals surface area contributed by atoms with Crippen molar-refractivity contribution in [2.24, 2.45) is 5.84 Å². The van der Waals surface area contributed by atoms with Crippen molar-refractivity contribution in [3.63, 3.8) is 0 Å². The number of hydrazine groups is 1. The van der Waals surface area contributed by atoms with E-state index in [1.807, 2.05) is 0 Å². The summed E-state index contributed by atoms with van der Waals surface area (Å²) >= 11 is 0. The highest BCUT2D eigenvalue weighted by Gasteiger charge is 2.26. The maximum absolute atomic E-state index is 11.9. The molecule has 2 amide bonds. The molecule has 7 nitrogen and oxygen atoms in total. The van der Waals surface area contributed by atoms with E-state index in [2.05, 4.69) is 21.0 Å². The molecule has 0 bridgehead atoms. The van der Waals surface area contributed by atoms with E-state index < -0.39 is 6.04 Å². The molecule has 1 aromatic heterocycles. The highest BCUT2D eigenvalue weighted by atomic mass is 16.2. The molecule has 1 fully saturated rings. The Labute approximate surface area is 110 Å². The second-order valence-corrected chi connectivity index (χ2v) is 4.55. The van der Waals surface area contributed by atoms with Gasteiger partial charge in [0, 0.05) is 6.04 Å². The Morgan fingerprint density at radius 3 is 2.68 bits per heavy atom. The normalized spacial score (nSPS) is 15.5. The summed E-state index contributed by atoms with van der Waals surface area (Å²) in [5, 5.41) is 5.43. The van der Waals surface area contributed by atoms with E-state index in [4.69, 9.17) is 5.84 Å². The van der Waals surface area contributed by atoms with Crippen LogP contribution in [0, 0.1) is 0 Å². The smallest absolute Gasteiger partial charge is 0.270 e. The molecule has 2 rings (SSSR count). The number of nitrogens with two attached hydrogens (primary N) is 1. The first-order valence-electron chi connectivity index (χ1n) is 6.14. The van der Waals surface area contributed by atoms with Crippen molar-refractivity contribution in [1.82, 2.24) is 15.6 Å². The molecule has 0 spiro atoms. The number of carbonyl (C=O) groups is 2. The fourth-order valence-electron chi connectivity index (χ4n) is 1.50. The SMILES string of the molecule is CC(NC(=O)c1ccc(NN)cn1)C(=O)NC1CC1. The van der Waals surface area contributed by atoms with E-state index in [1.54, 1.807) is 13.0 Å². The van der Waals surface area contributed by atoms with Crippen molar-refractivity contribution < 1.29 is 9.59 Å². The van der Waals surface area contributed by atoms with Crippen LogP contribution in [-0.2, 0) is 4.79 Å². The monoisotopic (exact) mass is 263 g/mol. The van der Waals surface area contributed by atoms with Gasteiger partial charge < -0.3 is 16.1 Å². The van der Waals surface area contributed by atoms with Gasteiger partial charge in [0.1, 0.15) is 11.7 Å². The summed E-state index contributed by atoms with van der Waals surface area (Å²) in [7, 11) is 0. The molecule has 1 saturated carbocycles. The van der Waals surface area contributed by atoms with Crippen LogP contribution in [0.5, 0.6) is 0 Å². The molecule has 0 saturated heterocycles. The number of amides is 2. The van der Waals surface area contributed by atoms with Crippen molar-refractivity contribution in [3.8, 4) is 0 Å². The Balaban J connectivity index is 1.89. The summed E-state index contributed by atoms with van der Waals surface area (Å²) in [6.07, 6.45) is 3.48. The summed E-state index contributed by atoms with van der Waals surface area (Å²) in [4.78, 5) is 27.5. The molecule has 1 aliphatic carbocycles. The molecule has 1 unspecified atom stereocenters. The van der Waals surface area contributed by atoms with Crippen LogP contribution in [0.4, 0.5) is 5.69 Å². The lowest BCUT2D eigenvalue weighted by Gasteiger charge is -2.13. The average molecular weight is 263 g/mol. The molecule has 0 aromatic carbocycles. The first-order chi connectivity index (χ1) is 9.10. The molecule has 0 aliphatic heterocycles. The number of rotatable bonds is 5. The van der Waals surface area contributed by atoms with Crippen LogP contribution in [0.2, 0.25) is 0 Å². The molecule has 7 heteroatoms. The zero-order chi connectivity index (χ0) is 13.8. The van der Waals surface area contributed by atoms with Gasteiger partial charge >= 0.3 is 0 Å². The van der Waals surface area contributed by atoms with Gasteiger partial charge in [0.2, 0.25) is 5.91 Å². The van der Waals surface area contributed by atoms with Gasteiger partial charge in [0.25, 0.3) is 5.91 Å². The average Bonchev–Trinajstić information content (AvgIpc) is 3.22. The number of nitrogens with one attached hydrogen (secondary N) is 3. The maximum Gasteiger partial charge on any atom is 0.270 e. The molecular formula is C12H17N5O2. The number of anilines is 1. The van der Waals surface area contributed by atoms with Crippen molar-refractivity contribution >= 4 is 17.5 Å². The van der Waals surface area contributed by atoms with Crippen molar-refractivity contribution in [1.29, 1.82) is 0 Å². The van der Waals surface area contributed by atoms with Crippen molar-refractivity contribution in [2.75, 3.05) is 5.43 Å². The lowest BCUT2D eigenvalue weighted by atomic mass is 10.2. The summed E-state index contributed by atoms with van der Waals surface area (Å²) < 4.78 is 0. The van der Waals surface area contributed by atoms with Gasteiger partial charge in [-0.1, -0.05) is 0 Å². The zero-order valence-corrected chi connectivity index (χ0v) is 10.6. The number of nitrogens with zero attached hydrogens (tertiary/aromatic N) is 1. The Hall–Kier alpha value is -2.15. The predicted octanol–water partition coefficient (Wildman–Crippen LogP) is -0.236. The van der Waals surface area contributed by atoms with Crippen molar-refractivity contribution in [2.45, 2.75) is 31.8 Å². The third kappa shape index (κ3) is 3.65. The Bertz CT molecular complexity index is 470. The van der Waals surface area contributed by atoms with E-state index in [0.29, 0.717) is 5.69 Å². The number of aromatic nitrogens is 1. The molecule has 102 valence electrons. The van der Waals surface area contributed by atoms with E-state index in [1.165, 1.54) is 12.3 Å². The van der Waals surface area contributed by atoms with Gasteiger partial charge in [-0.05, 0) is 31.9 Å². The molecule has 1 atom stereocenters. The number of hydrogen-bond acceptors (Lipinski definition) is 5. The lowest BCUT2D eigenvalue weighted by molar-refractivity contribution is -0.122. The minimum atomic E-state index is -0.581. The van der Waals surface area contributed by atoms with Crippen LogP contribution in [0.3, 0.4) is 0 Å². The first kappa shape index (κ1) is 13.3. The fraction of sp³-hybridized carbons (Fsp3) is 0.417. The van der Waals surface area contributed by atoms with Crippen LogP contribution >= 0.6 is 0 Å². The third-order valence-corrected chi connectivity index (χ3v) is 2.83. The Kier molecular flexibility index (Phi) is 3.96.